The minimum atomic E-state index is -3.76. The third-order valence-electron chi connectivity index (χ3n) is 7.08. The van der Waals surface area contributed by atoms with Crippen LogP contribution in [-0.4, -0.2) is 25.6 Å². The molecule has 2 fully saturated rings. The molecule has 3 aliphatic rings. The smallest absolute Gasteiger partial charge is 0.317 e. The molecule has 1 saturated carbocycles. The number of rotatable bonds is 6. The molecule has 0 bridgehead atoms. The normalized spacial score (nSPS) is 25.5. The minimum absolute atomic E-state index is 0.186. The van der Waals surface area contributed by atoms with E-state index in [0.717, 1.165) is 41.2 Å². The zero-order valence-corrected chi connectivity index (χ0v) is 22.1. The van der Waals surface area contributed by atoms with Crippen molar-refractivity contribution in [3.05, 3.63) is 81.7 Å². The van der Waals surface area contributed by atoms with Crippen LogP contribution in [0.3, 0.4) is 0 Å². The number of hydrogen-bond donors (Lipinski definition) is 2. The second kappa shape index (κ2) is 10.1. The summed E-state index contributed by atoms with van der Waals surface area (Å²) in [6, 6.07) is 13.8. The van der Waals surface area contributed by atoms with Gasteiger partial charge in [0.2, 0.25) is 0 Å². The molecule has 2 aromatic carbocycles. The van der Waals surface area contributed by atoms with E-state index >= 15 is 0 Å². The first-order valence-corrected chi connectivity index (χ1v) is 14.5. The molecular weight excluding hydrogens is 577 g/mol. The summed E-state index contributed by atoms with van der Waals surface area (Å²) in [5, 5.41) is 11.4. The van der Waals surface area contributed by atoms with E-state index in [1.807, 2.05) is 18.2 Å². The van der Waals surface area contributed by atoms with Crippen molar-refractivity contribution in [3.8, 4) is 0 Å². The second-order valence-electron chi connectivity index (χ2n) is 9.52. The molecule has 0 spiro atoms. The number of carbonyl (C=O) groups excluding carboxylic acids is 1. The van der Waals surface area contributed by atoms with Gasteiger partial charge in [0.25, 0.3) is 10.0 Å². The zero-order valence-electron chi connectivity index (χ0n) is 19.1. The number of sulfonamides is 1. The standard InChI is InChI=1S/C27H28INO5S/c28-19-12-14-21(15-13-19)35(32,33)29-20-7-5-6-18(16-20)24(17-10-11-17)25-26(30)22-8-3-1-2-4-9-23(22)34-27(25)31/h2,4-7,9,12-17,22,24-26,29-30H,1,3,8,10-11H2. The monoisotopic (exact) mass is 605 g/mol. The van der Waals surface area contributed by atoms with Gasteiger partial charge in [0.15, 0.2) is 0 Å². The average Bonchev–Trinajstić information content (AvgIpc) is 3.63. The van der Waals surface area contributed by atoms with E-state index in [0.29, 0.717) is 11.4 Å². The van der Waals surface area contributed by atoms with Gasteiger partial charge in [0.1, 0.15) is 5.76 Å². The van der Waals surface area contributed by atoms with E-state index < -0.39 is 28.0 Å². The van der Waals surface area contributed by atoms with Gasteiger partial charge in [-0.3, -0.25) is 9.52 Å². The van der Waals surface area contributed by atoms with Crippen molar-refractivity contribution in [2.45, 2.75) is 49.0 Å². The van der Waals surface area contributed by atoms with Crippen LogP contribution >= 0.6 is 22.6 Å². The third kappa shape index (κ3) is 5.34. The Bertz CT molecular complexity index is 1270. The number of esters is 1. The molecule has 6 nitrogen and oxygen atoms in total. The first kappa shape index (κ1) is 24.5. The maximum Gasteiger partial charge on any atom is 0.317 e. The van der Waals surface area contributed by atoms with E-state index in [4.69, 9.17) is 4.74 Å². The van der Waals surface area contributed by atoms with Crippen molar-refractivity contribution >= 4 is 44.3 Å². The molecule has 0 radical (unpaired) electrons. The largest absolute Gasteiger partial charge is 0.430 e. The summed E-state index contributed by atoms with van der Waals surface area (Å²) in [4.78, 5) is 13.4. The summed E-state index contributed by atoms with van der Waals surface area (Å²) in [6.07, 6.45) is 9.44. The van der Waals surface area contributed by atoms with Crippen LogP contribution in [0.5, 0.6) is 0 Å². The first-order valence-electron chi connectivity index (χ1n) is 12.0. The quantitative estimate of drug-likeness (QED) is 0.342. The van der Waals surface area contributed by atoms with Crippen molar-refractivity contribution < 1.29 is 23.1 Å². The highest BCUT2D eigenvalue weighted by Gasteiger charge is 2.50. The molecule has 5 rings (SSSR count). The van der Waals surface area contributed by atoms with Crippen molar-refractivity contribution in [2.75, 3.05) is 4.72 Å². The van der Waals surface area contributed by atoms with E-state index in [-0.39, 0.29) is 22.6 Å². The average molecular weight is 605 g/mol. The number of aliphatic hydroxyl groups excluding tert-OH is 1. The second-order valence-corrected chi connectivity index (χ2v) is 12.4. The molecule has 4 unspecified atom stereocenters. The SMILES string of the molecule is O=C1OC2=CC=CCCCC2C(O)C1C(c1cccc(NS(=O)(=O)c2ccc(I)cc2)c1)C1CC1. The van der Waals surface area contributed by atoms with Gasteiger partial charge in [-0.1, -0.05) is 24.3 Å². The molecule has 2 aromatic rings. The molecule has 4 atom stereocenters. The highest BCUT2D eigenvalue weighted by Crippen LogP contribution is 2.51. The third-order valence-corrected chi connectivity index (χ3v) is 9.20. The lowest BCUT2D eigenvalue weighted by molar-refractivity contribution is -0.160. The van der Waals surface area contributed by atoms with Crippen molar-refractivity contribution in [2.24, 2.45) is 17.8 Å². The van der Waals surface area contributed by atoms with Crippen molar-refractivity contribution in [1.29, 1.82) is 0 Å². The zero-order chi connectivity index (χ0) is 24.6. The summed E-state index contributed by atoms with van der Waals surface area (Å²) >= 11 is 2.13. The lowest BCUT2D eigenvalue weighted by atomic mass is 9.72. The number of fused-ring (bicyclic) bond motifs is 1. The molecule has 184 valence electrons. The topological polar surface area (TPSA) is 92.7 Å². The molecule has 0 aromatic heterocycles. The van der Waals surface area contributed by atoms with Crippen LogP contribution < -0.4 is 4.72 Å². The van der Waals surface area contributed by atoms with Crippen LogP contribution in [0.4, 0.5) is 5.69 Å². The maximum absolute atomic E-state index is 13.2. The fourth-order valence-electron chi connectivity index (χ4n) is 5.23. The number of aliphatic hydroxyl groups is 1. The van der Waals surface area contributed by atoms with Crippen LogP contribution in [0, 0.1) is 21.3 Å². The van der Waals surface area contributed by atoms with Gasteiger partial charge >= 0.3 is 5.97 Å². The van der Waals surface area contributed by atoms with E-state index in [2.05, 4.69) is 27.3 Å². The van der Waals surface area contributed by atoms with Crippen LogP contribution in [0.25, 0.3) is 0 Å². The molecule has 2 N–H and O–H groups in total. The number of ether oxygens (including phenoxy) is 1. The Balaban J connectivity index is 1.44. The first-order chi connectivity index (χ1) is 16.8. The Labute approximate surface area is 219 Å². The van der Waals surface area contributed by atoms with Gasteiger partial charge < -0.3 is 9.84 Å². The number of halogens is 1. The van der Waals surface area contributed by atoms with E-state index in [1.165, 1.54) is 0 Å². The van der Waals surface area contributed by atoms with Crippen molar-refractivity contribution in [3.63, 3.8) is 0 Å². The fraction of sp³-hybridized carbons (Fsp3) is 0.370. The van der Waals surface area contributed by atoms with Crippen LogP contribution in [0.1, 0.15) is 43.6 Å². The van der Waals surface area contributed by atoms with Gasteiger partial charge in [-0.25, -0.2) is 8.42 Å². The van der Waals surface area contributed by atoms with Gasteiger partial charge in [-0.2, -0.15) is 0 Å². The number of anilines is 1. The minimum Gasteiger partial charge on any atom is -0.430 e. The molecule has 1 heterocycles. The van der Waals surface area contributed by atoms with Crippen LogP contribution in [-0.2, 0) is 19.6 Å². The lowest BCUT2D eigenvalue weighted by Gasteiger charge is -2.39. The highest BCUT2D eigenvalue weighted by molar-refractivity contribution is 14.1. The predicted octanol–water partition coefficient (Wildman–Crippen LogP) is 5.36. The summed E-state index contributed by atoms with van der Waals surface area (Å²) in [5.41, 5.74) is 1.27. The summed E-state index contributed by atoms with van der Waals surface area (Å²) in [5.74, 6) is -0.742. The Morgan fingerprint density at radius 3 is 2.60 bits per heavy atom. The van der Waals surface area contributed by atoms with E-state index in [1.54, 1.807) is 48.5 Å². The van der Waals surface area contributed by atoms with Crippen LogP contribution in [0.2, 0.25) is 0 Å². The Morgan fingerprint density at radius 2 is 1.86 bits per heavy atom. The Kier molecular flexibility index (Phi) is 7.05. The number of carbonyl (C=O) groups is 1. The maximum atomic E-state index is 13.2. The summed E-state index contributed by atoms with van der Waals surface area (Å²) in [7, 11) is -3.76. The number of hydrogen-bond acceptors (Lipinski definition) is 5. The lowest BCUT2D eigenvalue weighted by Crippen LogP contribution is -2.45. The summed E-state index contributed by atoms with van der Waals surface area (Å²) in [6.45, 7) is 0. The van der Waals surface area contributed by atoms with Crippen molar-refractivity contribution in [1.82, 2.24) is 0 Å². The summed E-state index contributed by atoms with van der Waals surface area (Å²) < 4.78 is 35.2. The number of benzene rings is 2. The highest BCUT2D eigenvalue weighted by atomic mass is 127. The number of nitrogens with one attached hydrogen (secondary N) is 1. The molecular formula is C27H28INO5S. The van der Waals surface area contributed by atoms with Crippen LogP contribution in [0.15, 0.2) is 77.4 Å². The molecule has 1 saturated heterocycles. The molecule has 0 amide bonds. The number of allylic oxidation sites excluding steroid dienone is 3. The molecule has 2 aliphatic carbocycles. The Hall–Kier alpha value is -2.17. The molecule has 8 heteroatoms. The molecule has 35 heavy (non-hydrogen) atoms. The van der Waals surface area contributed by atoms with Gasteiger partial charge in [-0.15, -0.1) is 0 Å². The molecule has 1 aliphatic heterocycles. The fourth-order valence-corrected chi connectivity index (χ4v) is 6.64. The van der Waals surface area contributed by atoms with Gasteiger partial charge in [-0.05, 0) is 109 Å². The Morgan fingerprint density at radius 1 is 1.09 bits per heavy atom. The van der Waals surface area contributed by atoms with E-state index in [9.17, 15) is 18.3 Å². The predicted molar refractivity (Wildman–Crippen MR) is 142 cm³/mol. The van der Waals surface area contributed by atoms with Gasteiger partial charge in [0.05, 0.1) is 16.9 Å². The van der Waals surface area contributed by atoms with Gasteiger partial charge in [0, 0.05) is 21.1 Å².